The summed E-state index contributed by atoms with van der Waals surface area (Å²) in [5.41, 5.74) is 4.34. The third-order valence-electron chi connectivity index (χ3n) is 4.44. The summed E-state index contributed by atoms with van der Waals surface area (Å²) in [4.78, 5) is 19.3. The molecule has 140 valence electrons. The van der Waals surface area contributed by atoms with Crippen LogP contribution in [0, 0.1) is 6.92 Å². The quantitative estimate of drug-likeness (QED) is 0.524. The number of nitrogens with zero attached hydrogens (tertiary/aromatic N) is 3. The van der Waals surface area contributed by atoms with Gasteiger partial charge in [0.1, 0.15) is 5.65 Å². The van der Waals surface area contributed by atoms with E-state index in [4.69, 9.17) is 0 Å². The minimum absolute atomic E-state index is 0.137. The average molecular weight is 364 g/mol. The number of aromatic amines is 1. The first-order valence-electron chi connectivity index (χ1n) is 9.15. The van der Waals surface area contributed by atoms with E-state index in [2.05, 4.69) is 15.1 Å². The lowest BCUT2D eigenvalue weighted by Crippen LogP contribution is -2.03. The third kappa shape index (κ3) is 3.18. The topological polar surface area (TPSA) is 83.8 Å². The van der Waals surface area contributed by atoms with E-state index in [0.29, 0.717) is 5.39 Å². The van der Waals surface area contributed by atoms with Crippen LogP contribution in [0.4, 0.5) is 0 Å². The lowest BCUT2D eigenvalue weighted by molar-refractivity contribution is 0.0699. The Hall–Kier alpha value is -3.15. The average Bonchev–Trinajstić information content (AvgIpc) is 3.26. The van der Waals surface area contributed by atoms with E-state index in [1.807, 2.05) is 63.7 Å². The zero-order chi connectivity index (χ0) is 19.7. The molecule has 6 heteroatoms. The van der Waals surface area contributed by atoms with Gasteiger partial charge in [-0.05, 0) is 50.6 Å². The number of hydrogen-bond acceptors (Lipinski definition) is 3. The molecule has 4 rings (SSSR count). The van der Waals surface area contributed by atoms with Crippen LogP contribution in [0.25, 0.3) is 33.1 Å². The van der Waals surface area contributed by atoms with Crippen LogP contribution < -0.4 is 0 Å². The largest absolute Gasteiger partial charge is 0.478 e. The Morgan fingerprint density at radius 1 is 1.19 bits per heavy atom. The molecule has 0 bridgehead atoms. The van der Waals surface area contributed by atoms with Crippen LogP contribution in [0.5, 0.6) is 0 Å². The summed E-state index contributed by atoms with van der Waals surface area (Å²) in [7, 11) is 0. The molecular weight excluding hydrogens is 340 g/mol. The van der Waals surface area contributed by atoms with Crippen molar-refractivity contribution in [1.29, 1.82) is 0 Å². The van der Waals surface area contributed by atoms with Crippen molar-refractivity contribution in [1.82, 2.24) is 19.7 Å². The van der Waals surface area contributed by atoms with Crippen LogP contribution in [0.2, 0.25) is 0 Å². The summed E-state index contributed by atoms with van der Waals surface area (Å²) in [6.45, 7) is 9.92. The summed E-state index contributed by atoms with van der Waals surface area (Å²) < 4.78 is 1.88. The molecule has 0 aliphatic rings. The van der Waals surface area contributed by atoms with Crippen LogP contribution in [-0.2, 0) is 0 Å². The summed E-state index contributed by atoms with van der Waals surface area (Å²) in [6, 6.07) is 7.80. The predicted molar refractivity (Wildman–Crippen MR) is 108 cm³/mol. The molecule has 0 spiro atoms. The lowest BCUT2D eigenvalue weighted by atomic mass is 9.99. The van der Waals surface area contributed by atoms with E-state index >= 15 is 0 Å². The van der Waals surface area contributed by atoms with Gasteiger partial charge in [0.2, 0.25) is 0 Å². The van der Waals surface area contributed by atoms with Crippen molar-refractivity contribution in [3.05, 3.63) is 47.9 Å². The van der Waals surface area contributed by atoms with Crippen LogP contribution in [-0.4, -0.2) is 30.8 Å². The number of benzene rings is 1. The van der Waals surface area contributed by atoms with Gasteiger partial charge in [-0.15, -0.1) is 0 Å². The fraction of sp³-hybridized carbons (Fsp3) is 0.286. The Morgan fingerprint density at radius 3 is 2.59 bits per heavy atom. The second kappa shape index (κ2) is 7.23. The number of H-pyrrole nitrogens is 1. The molecular formula is C21H24N4O2. The fourth-order valence-corrected chi connectivity index (χ4v) is 3.28. The maximum Gasteiger partial charge on any atom is 0.336 e. The van der Waals surface area contributed by atoms with Gasteiger partial charge in [-0.3, -0.25) is 4.68 Å². The number of pyridine rings is 1. The first-order valence-corrected chi connectivity index (χ1v) is 9.15. The van der Waals surface area contributed by atoms with Crippen LogP contribution in [0.3, 0.4) is 0 Å². The molecule has 0 amide bonds. The fourth-order valence-electron chi connectivity index (χ4n) is 3.28. The number of rotatable bonds is 3. The number of fused-ring (bicyclic) bond motifs is 2. The zero-order valence-electron chi connectivity index (χ0n) is 16.2. The summed E-state index contributed by atoms with van der Waals surface area (Å²) >= 11 is 0. The van der Waals surface area contributed by atoms with Crippen LogP contribution in [0.15, 0.2) is 36.7 Å². The molecule has 0 saturated carbocycles. The number of nitrogens with one attached hydrogen (secondary N) is 1. The highest BCUT2D eigenvalue weighted by molar-refractivity contribution is 6.06. The van der Waals surface area contributed by atoms with Gasteiger partial charge in [-0.1, -0.05) is 13.8 Å². The van der Waals surface area contributed by atoms with Crippen LogP contribution >= 0.6 is 0 Å². The predicted octanol–water partition coefficient (Wildman–Crippen LogP) is 5.19. The molecule has 0 atom stereocenters. The molecule has 0 fully saturated rings. The van der Waals surface area contributed by atoms with Crippen molar-refractivity contribution in [2.75, 3.05) is 0 Å². The molecule has 6 nitrogen and oxygen atoms in total. The normalized spacial score (nSPS) is 11.0. The molecule has 0 aliphatic heterocycles. The number of hydrogen-bond donors (Lipinski definition) is 2. The highest BCUT2D eigenvalue weighted by atomic mass is 16.4. The van der Waals surface area contributed by atoms with E-state index in [9.17, 15) is 9.90 Å². The molecule has 4 aromatic rings. The van der Waals surface area contributed by atoms with Gasteiger partial charge < -0.3 is 10.1 Å². The molecule has 0 aliphatic carbocycles. The summed E-state index contributed by atoms with van der Waals surface area (Å²) in [5, 5.41) is 15.9. The molecule has 3 aromatic heterocycles. The van der Waals surface area contributed by atoms with E-state index < -0.39 is 5.97 Å². The second-order valence-corrected chi connectivity index (χ2v) is 6.49. The van der Waals surface area contributed by atoms with Gasteiger partial charge in [0.25, 0.3) is 0 Å². The van der Waals surface area contributed by atoms with E-state index in [1.165, 1.54) is 0 Å². The number of carboxylic acids is 1. The molecule has 1 aromatic carbocycles. The smallest absolute Gasteiger partial charge is 0.336 e. The standard InChI is InChI=1S/C19H18N4O2.C2H6/c1-10(2)23-16-8-13(7-15(19(24)25)17(16)11(3)22-23)14-6-12-4-5-20-18(12)21-9-14;1-2/h4-10H,1-3H3,(H,20,21)(H,24,25);1-2H3. The SMILES string of the molecule is CC.Cc1nn(C(C)C)c2cc(-c3cnc4[nH]ccc4c3)cc(C(=O)O)c12. The van der Waals surface area contributed by atoms with Crippen molar-refractivity contribution in [2.45, 2.75) is 40.7 Å². The Morgan fingerprint density at radius 2 is 1.93 bits per heavy atom. The van der Waals surface area contributed by atoms with Crippen molar-refractivity contribution < 1.29 is 9.90 Å². The van der Waals surface area contributed by atoms with E-state index in [-0.39, 0.29) is 11.6 Å². The van der Waals surface area contributed by atoms with Crippen molar-refractivity contribution in [3.8, 4) is 11.1 Å². The Kier molecular flexibility index (Phi) is 4.99. The maximum atomic E-state index is 11.8. The highest BCUT2D eigenvalue weighted by Crippen LogP contribution is 2.32. The minimum atomic E-state index is -0.950. The molecule has 0 radical (unpaired) electrons. The molecule has 27 heavy (non-hydrogen) atoms. The number of carboxylic acid groups (broad SMARTS) is 1. The van der Waals surface area contributed by atoms with Crippen LogP contribution in [0.1, 0.15) is 49.8 Å². The minimum Gasteiger partial charge on any atom is -0.478 e. The van der Waals surface area contributed by atoms with Gasteiger partial charge in [-0.2, -0.15) is 5.10 Å². The first kappa shape index (κ1) is 18.6. The molecule has 0 unspecified atom stereocenters. The zero-order valence-corrected chi connectivity index (χ0v) is 16.2. The van der Waals surface area contributed by atoms with Crippen molar-refractivity contribution in [2.24, 2.45) is 0 Å². The lowest BCUT2D eigenvalue weighted by Gasteiger charge is -2.10. The van der Waals surface area contributed by atoms with Gasteiger partial charge in [-0.25, -0.2) is 9.78 Å². The highest BCUT2D eigenvalue weighted by Gasteiger charge is 2.19. The van der Waals surface area contributed by atoms with Crippen molar-refractivity contribution in [3.63, 3.8) is 0 Å². The number of aromatic nitrogens is 4. The Labute approximate surface area is 157 Å². The number of aromatic carboxylic acids is 1. The maximum absolute atomic E-state index is 11.8. The van der Waals surface area contributed by atoms with Gasteiger partial charge >= 0.3 is 5.97 Å². The molecule has 3 heterocycles. The number of aryl methyl sites for hydroxylation is 1. The number of carbonyl (C=O) groups is 1. The summed E-state index contributed by atoms with van der Waals surface area (Å²) in [6.07, 6.45) is 3.60. The van der Waals surface area contributed by atoms with Crippen molar-refractivity contribution >= 4 is 27.9 Å². The Bertz CT molecular complexity index is 1120. The monoisotopic (exact) mass is 364 g/mol. The molecule has 0 saturated heterocycles. The second-order valence-electron chi connectivity index (χ2n) is 6.49. The molecule has 2 N–H and O–H groups in total. The van der Waals surface area contributed by atoms with E-state index in [1.54, 1.807) is 12.3 Å². The Balaban J connectivity index is 0.00000102. The first-order chi connectivity index (χ1) is 13.0. The van der Waals surface area contributed by atoms with E-state index in [0.717, 1.165) is 33.4 Å². The van der Waals surface area contributed by atoms with Gasteiger partial charge in [0.15, 0.2) is 0 Å². The summed E-state index contributed by atoms with van der Waals surface area (Å²) in [5.74, 6) is -0.950. The third-order valence-corrected chi connectivity index (χ3v) is 4.44. The van der Waals surface area contributed by atoms with Gasteiger partial charge in [0.05, 0.1) is 16.8 Å². The van der Waals surface area contributed by atoms with Gasteiger partial charge in [0, 0.05) is 34.8 Å².